The SMILES string of the molecule is C=CC=N/C=C(\C)NC(=C)C(=C)c1cc(-c2cncc(N3CCCCC3)c2)ccc1N. The third-order valence-corrected chi connectivity index (χ3v) is 5.33. The molecule has 1 saturated heterocycles. The van der Waals surface area contributed by atoms with Crippen LogP contribution >= 0.6 is 0 Å². The van der Waals surface area contributed by atoms with E-state index in [0.29, 0.717) is 11.4 Å². The number of hydrogen-bond donors (Lipinski definition) is 2. The summed E-state index contributed by atoms with van der Waals surface area (Å²) in [5.74, 6) is 0. The van der Waals surface area contributed by atoms with Gasteiger partial charge in [-0.05, 0) is 55.5 Å². The lowest BCUT2D eigenvalue weighted by molar-refractivity contribution is 0.577. The Balaban J connectivity index is 1.82. The monoisotopic (exact) mass is 413 g/mol. The molecule has 0 spiro atoms. The van der Waals surface area contributed by atoms with Gasteiger partial charge in [0.2, 0.25) is 0 Å². The van der Waals surface area contributed by atoms with Crippen molar-refractivity contribution in [3.8, 4) is 11.1 Å². The first-order valence-corrected chi connectivity index (χ1v) is 10.6. The number of benzene rings is 1. The summed E-state index contributed by atoms with van der Waals surface area (Å²) < 4.78 is 0. The number of nitrogens with one attached hydrogen (secondary N) is 1. The number of anilines is 2. The van der Waals surface area contributed by atoms with Gasteiger partial charge in [0.1, 0.15) is 0 Å². The highest BCUT2D eigenvalue weighted by Crippen LogP contribution is 2.31. The van der Waals surface area contributed by atoms with E-state index in [1.54, 1.807) is 18.5 Å². The Morgan fingerprint density at radius 3 is 2.65 bits per heavy atom. The van der Waals surface area contributed by atoms with Crippen LogP contribution in [0.25, 0.3) is 16.7 Å². The van der Waals surface area contributed by atoms with Gasteiger partial charge in [-0.15, -0.1) is 0 Å². The van der Waals surface area contributed by atoms with Crippen molar-refractivity contribution in [3.63, 3.8) is 0 Å². The molecule has 0 bridgehead atoms. The molecule has 160 valence electrons. The molecule has 5 heteroatoms. The van der Waals surface area contributed by atoms with E-state index in [-0.39, 0.29) is 0 Å². The lowest BCUT2D eigenvalue weighted by atomic mass is 9.97. The van der Waals surface area contributed by atoms with Crippen LogP contribution < -0.4 is 16.0 Å². The topological polar surface area (TPSA) is 66.5 Å². The van der Waals surface area contributed by atoms with Crippen LogP contribution in [-0.4, -0.2) is 24.3 Å². The van der Waals surface area contributed by atoms with Gasteiger partial charge in [0.15, 0.2) is 0 Å². The molecule has 0 aliphatic carbocycles. The zero-order valence-electron chi connectivity index (χ0n) is 18.3. The van der Waals surface area contributed by atoms with Crippen molar-refractivity contribution in [3.05, 3.63) is 85.6 Å². The number of nitrogens with zero attached hydrogens (tertiary/aromatic N) is 3. The second-order valence-corrected chi connectivity index (χ2v) is 7.71. The van der Waals surface area contributed by atoms with Gasteiger partial charge in [0.25, 0.3) is 0 Å². The lowest BCUT2D eigenvalue weighted by Crippen LogP contribution is -2.29. The molecule has 31 heavy (non-hydrogen) atoms. The summed E-state index contributed by atoms with van der Waals surface area (Å²) in [5.41, 5.74) is 13.3. The average molecular weight is 414 g/mol. The molecular formula is C26H31N5. The number of piperidine rings is 1. The van der Waals surface area contributed by atoms with Crippen molar-refractivity contribution in [2.24, 2.45) is 4.99 Å². The molecule has 1 aliphatic rings. The maximum atomic E-state index is 6.28. The molecule has 1 aliphatic heterocycles. The predicted molar refractivity (Wildman–Crippen MR) is 134 cm³/mol. The quantitative estimate of drug-likeness (QED) is 0.338. The predicted octanol–water partition coefficient (Wildman–Crippen LogP) is 5.56. The number of allylic oxidation sites excluding steroid dienone is 3. The second-order valence-electron chi connectivity index (χ2n) is 7.71. The first-order valence-electron chi connectivity index (χ1n) is 10.6. The Hall–Kier alpha value is -3.60. The van der Waals surface area contributed by atoms with Gasteiger partial charge in [0.05, 0.1) is 11.9 Å². The summed E-state index contributed by atoms with van der Waals surface area (Å²) in [7, 11) is 0. The minimum Gasteiger partial charge on any atom is -0.398 e. The molecule has 0 unspecified atom stereocenters. The fraction of sp³-hybridized carbons (Fsp3) is 0.231. The average Bonchev–Trinajstić information content (AvgIpc) is 2.79. The number of aliphatic imine (C=N–C) groups is 1. The minimum atomic E-state index is 0.656. The van der Waals surface area contributed by atoms with Crippen molar-refractivity contribution >= 4 is 23.2 Å². The fourth-order valence-corrected chi connectivity index (χ4v) is 3.63. The number of nitrogens with two attached hydrogens (primary N) is 1. The summed E-state index contributed by atoms with van der Waals surface area (Å²) >= 11 is 0. The molecule has 2 heterocycles. The van der Waals surface area contributed by atoms with E-state index in [0.717, 1.165) is 41.1 Å². The molecule has 2 aromatic rings. The summed E-state index contributed by atoms with van der Waals surface area (Å²) in [5, 5.41) is 3.22. The number of nitrogen functional groups attached to an aromatic ring is 1. The summed E-state index contributed by atoms with van der Waals surface area (Å²) in [4.78, 5) is 11.0. The maximum Gasteiger partial charge on any atom is 0.0558 e. The van der Waals surface area contributed by atoms with E-state index in [1.807, 2.05) is 31.5 Å². The molecule has 1 aromatic carbocycles. The van der Waals surface area contributed by atoms with E-state index in [9.17, 15) is 0 Å². The third-order valence-electron chi connectivity index (χ3n) is 5.33. The van der Waals surface area contributed by atoms with Crippen molar-refractivity contribution in [1.82, 2.24) is 10.3 Å². The normalized spacial score (nSPS) is 14.5. The van der Waals surface area contributed by atoms with E-state index >= 15 is 0 Å². The van der Waals surface area contributed by atoms with Gasteiger partial charge in [-0.3, -0.25) is 9.98 Å². The van der Waals surface area contributed by atoms with E-state index in [2.05, 4.69) is 52.1 Å². The number of pyridine rings is 1. The lowest BCUT2D eigenvalue weighted by Gasteiger charge is -2.28. The van der Waals surface area contributed by atoms with Crippen LogP contribution in [0, 0.1) is 0 Å². The largest absolute Gasteiger partial charge is 0.398 e. The Bertz CT molecular complexity index is 1030. The first kappa shape index (κ1) is 22.1. The van der Waals surface area contributed by atoms with Crippen molar-refractivity contribution in [1.29, 1.82) is 0 Å². The van der Waals surface area contributed by atoms with Gasteiger partial charge >= 0.3 is 0 Å². The van der Waals surface area contributed by atoms with Crippen LogP contribution in [-0.2, 0) is 0 Å². The van der Waals surface area contributed by atoms with Crippen LogP contribution in [0.1, 0.15) is 31.7 Å². The van der Waals surface area contributed by atoms with E-state index < -0.39 is 0 Å². The van der Waals surface area contributed by atoms with Crippen molar-refractivity contribution in [2.45, 2.75) is 26.2 Å². The molecule has 0 saturated carbocycles. The third kappa shape index (κ3) is 5.72. The summed E-state index contributed by atoms with van der Waals surface area (Å²) in [6, 6.07) is 8.19. The standard InChI is InChI=1S/C26H31N5/c1-5-11-28-16-19(2)30-21(4)20(3)25-15-22(9-10-26(25)27)23-14-24(18-29-17-23)31-12-7-6-8-13-31/h5,9-11,14-18,30H,1,3-4,6-8,12-13,27H2,2H3/b19-16+,28-11?. The van der Waals surface area contributed by atoms with Crippen LogP contribution in [0.2, 0.25) is 0 Å². The van der Waals surface area contributed by atoms with Crippen LogP contribution in [0.15, 0.2) is 85.1 Å². The zero-order chi connectivity index (χ0) is 22.2. The number of aromatic nitrogens is 1. The maximum absolute atomic E-state index is 6.28. The molecular weight excluding hydrogens is 382 g/mol. The van der Waals surface area contributed by atoms with Crippen molar-refractivity contribution in [2.75, 3.05) is 23.7 Å². The molecule has 1 aromatic heterocycles. The molecule has 0 radical (unpaired) electrons. The van der Waals surface area contributed by atoms with Gasteiger partial charge < -0.3 is 16.0 Å². The van der Waals surface area contributed by atoms with Crippen LogP contribution in [0.4, 0.5) is 11.4 Å². The van der Waals surface area contributed by atoms with E-state index in [1.165, 1.54) is 24.9 Å². The van der Waals surface area contributed by atoms with Gasteiger partial charge in [-0.2, -0.15) is 0 Å². The highest BCUT2D eigenvalue weighted by atomic mass is 15.1. The Kier molecular flexibility index (Phi) is 7.44. The molecule has 5 nitrogen and oxygen atoms in total. The van der Waals surface area contributed by atoms with Crippen LogP contribution in [0.5, 0.6) is 0 Å². The number of rotatable bonds is 8. The Morgan fingerprint density at radius 2 is 1.90 bits per heavy atom. The molecule has 0 atom stereocenters. The minimum absolute atomic E-state index is 0.656. The molecule has 3 N–H and O–H groups in total. The molecule has 1 fully saturated rings. The first-order chi connectivity index (χ1) is 15.0. The smallest absolute Gasteiger partial charge is 0.0558 e. The highest BCUT2D eigenvalue weighted by Gasteiger charge is 2.14. The fourth-order valence-electron chi connectivity index (χ4n) is 3.63. The summed E-state index contributed by atoms with van der Waals surface area (Å²) in [6.45, 7) is 16.0. The Morgan fingerprint density at radius 1 is 1.13 bits per heavy atom. The molecule has 3 rings (SSSR count). The molecule has 0 amide bonds. The highest BCUT2D eigenvalue weighted by molar-refractivity contribution is 5.86. The van der Waals surface area contributed by atoms with Gasteiger partial charge in [0, 0.05) is 59.9 Å². The Labute approximate surface area is 185 Å². The second kappa shape index (κ2) is 10.4. The number of hydrogen-bond acceptors (Lipinski definition) is 5. The summed E-state index contributed by atoms with van der Waals surface area (Å²) in [6.07, 6.45) is 12.6. The zero-order valence-corrected chi connectivity index (χ0v) is 18.3. The van der Waals surface area contributed by atoms with E-state index in [4.69, 9.17) is 5.73 Å². The van der Waals surface area contributed by atoms with Crippen LogP contribution in [0.3, 0.4) is 0 Å². The van der Waals surface area contributed by atoms with Crippen molar-refractivity contribution < 1.29 is 0 Å². The van der Waals surface area contributed by atoms with Gasteiger partial charge in [-0.25, -0.2) is 0 Å². The van der Waals surface area contributed by atoms with Gasteiger partial charge in [-0.1, -0.05) is 31.9 Å².